The monoisotopic (exact) mass is 615 g/mol. The van der Waals surface area contributed by atoms with Crippen molar-refractivity contribution in [1.29, 1.82) is 15.8 Å². The maximum absolute atomic E-state index is 14.1. The number of benzene rings is 3. The van der Waals surface area contributed by atoms with Gasteiger partial charge in [-0.3, -0.25) is 0 Å². The Morgan fingerprint density at radius 3 is 2.30 bits per heavy atom. The Bertz CT molecular complexity index is 2820. The van der Waals surface area contributed by atoms with Crippen molar-refractivity contribution < 1.29 is 13.2 Å². The molecule has 0 atom stereocenters. The van der Waals surface area contributed by atoms with E-state index in [0.29, 0.717) is 0 Å². The van der Waals surface area contributed by atoms with E-state index in [0.717, 1.165) is 18.2 Å². The van der Waals surface area contributed by atoms with Crippen LogP contribution in [0.1, 0.15) is 11.4 Å². The summed E-state index contributed by atoms with van der Waals surface area (Å²) in [7, 11) is 0. The van der Waals surface area contributed by atoms with Gasteiger partial charge in [-0.15, -0.1) is 0 Å². The van der Waals surface area contributed by atoms with Gasteiger partial charge >= 0.3 is 5.70 Å². The van der Waals surface area contributed by atoms with Gasteiger partial charge in [-0.1, -0.05) is 0 Å². The van der Waals surface area contributed by atoms with Crippen LogP contribution in [0.4, 0.5) is 14.5 Å². The van der Waals surface area contributed by atoms with Gasteiger partial charge in [0.25, 0.3) is 5.89 Å². The summed E-state index contributed by atoms with van der Waals surface area (Å²) < 4.78 is 33.8. The average Bonchev–Trinajstić information content (AvgIpc) is 3.81. The quantitative estimate of drug-likeness (QED) is 0.218. The van der Waals surface area contributed by atoms with Crippen molar-refractivity contribution in [2.75, 3.05) is 0 Å². The number of allylic oxidation sites excluding steroid dienone is 2. The topological polar surface area (TPSA) is 194 Å². The van der Waals surface area contributed by atoms with Gasteiger partial charge in [0.15, 0.2) is 28.9 Å². The second-order valence-electron chi connectivity index (χ2n) is 9.46. The van der Waals surface area contributed by atoms with Crippen molar-refractivity contribution in [3.8, 4) is 41.3 Å². The SMILES string of the molecule is [C-]#[N+]/C(C#N)=C1\N=c2ccc(-c3nc(/C(C#N)=C4/N=c5cc(F)cc([N+]#[C-])c5=N4)nc(-c4nc5ccc(F)cc5o4)n3)c(C#N)c2=N1. The third-order valence-electron chi connectivity index (χ3n) is 6.72. The second kappa shape index (κ2) is 10.7. The highest BCUT2D eigenvalue weighted by Gasteiger charge is 2.24. The molecule has 14 nitrogen and oxygen atoms in total. The molecular formula is C31H7F2N13O. The van der Waals surface area contributed by atoms with Crippen molar-refractivity contribution >= 4 is 22.4 Å². The van der Waals surface area contributed by atoms with Crippen LogP contribution in [0, 0.1) is 58.8 Å². The van der Waals surface area contributed by atoms with E-state index < -0.39 is 11.6 Å². The number of rotatable bonds is 3. The van der Waals surface area contributed by atoms with E-state index in [9.17, 15) is 24.6 Å². The van der Waals surface area contributed by atoms with Crippen LogP contribution in [0.15, 0.2) is 84.2 Å². The first-order valence-electron chi connectivity index (χ1n) is 13.0. The molecule has 0 bridgehead atoms. The highest BCUT2D eigenvalue weighted by Crippen LogP contribution is 2.28. The number of aromatic nitrogens is 4. The number of hydrogen-bond acceptors (Lipinski definition) is 12. The zero-order valence-electron chi connectivity index (χ0n) is 23.0. The lowest BCUT2D eigenvalue weighted by molar-refractivity contribution is 0.598. The number of fused-ring (bicyclic) bond motifs is 3. The number of nitrogens with zero attached hydrogens (tertiary/aromatic N) is 13. The molecule has 0 N–H and O–H groups in total. The minimum Gasteiger partial charge on any atom is -0.433 e. The summed E-state index contributed by atoms with van der Waals surface area (Å²) >= 11 is 0. The molecule has 0 radical (unpaired) electrons. The van der Waals surface area contributed by atoms with Gasteiger partial charge in [-0.25, -0.2) is 63.6 Å². The first kappa shape index (κ1) is 27.9. The van der Waals surface area contributed by atoms with Crippen molar-refractivity contribution in [2.45, 2.75) is 0 Å². The Labute approximate surface area is 259 Å². The van der Waals surface area contributed by atoms with Gasteiger partial charge < -0.3 is 4.42 Å². The Kier molecular flexibility index (Phi) is 6.35. The average molecular weight is 615 g/mol. The van der Waals surface area contributed by atoms with Crippen LogP contribution in [0.25, 0.3) is 49.5 Å². The fourth-order valence-corrected chi connectivity index (χ4v) is 4.67. The van der Waals surface area contributed by atoms with E-state index in [-0.39, 0.29) is 95.6 Å². The van der Waals surface area contributed by atoms with Gasteiger partial charge in [0.1, 0.15) is 40.2 Å². The molecule has 5 aromatic rings. The third-order valence-corrected chi connectivity index (χ3v) is 6.72. The molecule has 3 aromatic carbocycles. The lowest BCUT2D eigenvalue weighted by Crippen LogP contribution is -2.25. The largest absolute Gasteiger partial charge is 0.433 e. The zero-order chi connectivity index (χ0) is 32.8. The summed E-state index contributed by atoms with van der Waals surface area (Å²) in [5.74, 6) is -2.55. The van der Waals surface area contributed by atoms with E-state index in [4.69, 9.17) is 17.6 Å². The number of hydrogen-bond donors (Lipinski definition) is 0. The third kappa shape index (κ3) is 4.59. The summed E-state index contributed by atoms with van der Waals surface area (Å²) in [4.78, 5) is 40.9. The standard InChI is InChI=1S/C31H7F2N13O/c1-37-20-7-14(33)8-21-25(20)43-27(40-21)17(11-35)28-44-26(45-30(46-28)31-41-18-5-3-13(32)9-23(18)47-31)15-4-6-19-24(16(15)10-34)42-29(39-19)22(12-36)38-2/h3-9H/b27-17-,29-22+. The Balaban J connectivity index is 1.51. The molecule has 216 valence electrons. The normalized spacial score (nSPS) is 14.4. The lowest BCUT2D eigenvalue weighted by Gasteiger charge is -2.07. The zero-order valence-corrected chi connectivity index (χ0v) is 23.0. The van der Waals surface area contributed by atoms with Crippen LogP contribution in [0.5, 0.6) is 0 Å². The van der Waals surface area contributed by atoms with Crippen molar-refractivity contribution in [1.82, 2.24) is 19.9 Å². The van der Waals surface area contributed by atoms with Crippen LogP contribution < -0.4 is 21.4 Å². The second-order valence-corrected chi connectivity index (χ2v) is 9.46. The molecule has 2 aliphatic rings. The molecule has 0 saturated heterocycles. The first-order chi connectivity index (χ1) is 22.8. The molecule has 0 aliphatic carbocycles. The summed E-state index contributed by atoms with van der Waals surface area (Å²) in [6.07, 6.45) is 0. The Morgan fingerprint density at radius 2 is 1.55 bits per heavy atom. The van der Waals surface area contributed by atoms with Crippen molar-refractivity contribution in [3.05, 3.63) is 127 Å². The highest BCUT2D eigenvalue weighted by atomic mass is 19.1. The number of halogens is 2. The van der Waals surface area contributed by atoms with E-state index in [1.54, 1.807) is 6.07 Å². The van der Waals surface area contributed by atoms with E-state index in [1.165, 1.54) is 24.3 Å². The molecule has 2 aliphatic heterocycles. The molecule has 0 saturated carbocycles. The van der Waals surface area contributed by atoms with Crippen LogP contribution in [0.3, 0.4) is 0 Å². The molecule has 0 fully saturated rings. The van der Waals surface area contributed by atoms with Gasteiger partial charge in [-0.2, -0.15) is 10.5 Å². The Morgan fingerprint density at radius 1 is 0.766 bits per heavy atom. The molecular weight excluding hydrogens is 608 g/mol. The first-order valence-corrected chi connectivity index (χ1v) is 13.0. The van der Waals surface area contributed by atoms with Crippen LogP contribution in [-0.2, 0) is 0 Å². The van der Waals surface area contributed by atoms with E-state index in [1.807, 2.05) is 12.1 Å². The minimum atomic E-state index is -0.723. The molecule has 0 spiro atoms. The summed E-state index contributed by atoms with van der Waals surface area (Å²) in [6, 6.07) is 14.4. The fraction of sp³-hybridized carbons (Fsp3) is 0. The van der Waals surface area contributed by atoms with Gasteiger partial charge in [-0.05, 0) is 36.4 Å². The fourth-order valence-electron chi connectivity index (χ4n) is 4.67. The van der Waals surface area contributed by atoms with Crippen LogP contribution in [-0.4, -0.2) is 19.9 Å². The van der Waals surface area contributed by atoms with Gasteiger partial charge in [0, 0.05) is 11.6 Å². The molecule has 47 heavy (non-hydrogen) atoms. The smallest absolute Gasteiger partial charge is 0.305 e. The Hall–Kier alpha value is -7.87. The van der Waals surface area contributed by atoms with E-state index >= 15 is 0 Å². The van der Waals surface area contributed by atoms with Gasteiger partial charge in [0.2, 0.25) is 11.5 Å². The van der Waals surface area contributed by atoms with E-state index in [2.05, 4.69) is 49.6 Å². The summed E-state index contributed by atoms with van der Waals surface area (Å²) in [6.45, 7) is 14.6. The number of nitriles is 3. The van der Waals surface area contributed by atoms with Crippen LogP contribution >= 0.6 is 0 Å². The maximum Gasteiger partial charge on any atom is 0.305 e. The minimum absolute atomic E-state index is 0.0185. The molecule has 4 heterocycles. The van der Waals surface area contributed by atoms with Crippen molar-refractivity contribution in [3.63, 3.8) is 0 Å². The molecule has 16 heteroatoms. The predicted octanol–water partition coefficient (Wildman–Crippen LogP) is 3.06. The predicted molar refractivity (Wildman–Crippen MR) is 152 cm³/mol. The maximum atomic E-state index is 14.1. The van der Waals surface area contributed by atoms with Crippen molar-refractivity contribution in [2.24, 2.45) is 20.0 Å². The molecule has 2 aromatic heterocycles. The summed E-state index contributed by atoms with van der Waals surface area (Å²) in [5.41, 5.74) is -0.415. The molecule has 0 unspecified atom stereocenters. The summed E-state index contributed by atoms with van der Waals surface area (Å²) in [5, 5.41) is 30.1. The molecule has 0 amide bonds. The highest BCUT2D eigenvalue weighted by molar-refractivity contribution is 5.79. The molecule has 7 rings (SSSR count). The lowest BCUT2D eigenvalue weighted by atomic mass is 10.1. The van der Waals surface area contributed by atoms with Crippen LogP contribution in [0.2, 0.25) is 0 Å². The number of oxazole rings is 1. The van der Waals surface area contributed by atoms with Gasteiger partial charge in [0.05, 0.1) is 40.8 Å².